The Morgan fingerprint density at radius 1 is 0.938 bits per heavy atom. The van der Waals surface area contributed by atoms with Gasteiger partial charge in [0, 0.05) is 56.9 Å². The Bertz CT molecular complexity index is 1480. The van der Waals surface area contributed by atoms with Gasteiger partial charge < -0.3 is 35.4 Å². The number of fused-ring (bicyclic) bond motifs is 1. The molecular formula is C32H38F6N6O4. The van der Waals surface area contributed by atoms with Crippen LogP contribution in [0.15, 0.2) is 36.4 Å². The second-order valence-corrected chi connectivity index (χ2v) is 12.6. The Kier molecular flexibility index (Phi) is 10.0. The van der Waals surface area contributed by atoms with E-state index in [1.165, 1.54) is 9.80 Å². The number of para-hydroxylation sites is 1. The standard InChI is InChI=1S/C32H38F6N6O4/c1-41(2)21-7-11-42(12-8-21)28(45)26(17-19-15-23(31(33,34)35)27(39)24(16-19)32(36,37)38)48-30(47)43-13-9-22(10-14-43)44-18-20-5-3-4-6-25(20)40-29(44)46/h3-6,15-16,21-22,26H,7-14,17-18,39H2,1-2H3,(H,40,46). The average Bonchev–Trinajstić information content (AvgIpc) is 3.03. The molecule has 0 aliphatic carbocycles. The quantitative estimate of drug-likeness (QED) is 0.311. The number of alkyl halides is 6. The van der Waals surface area contributed by atoms with E-state index < -0.39 is 59.3 Å². The molecule has 3 N–H and O–H groups in total. The zero-order valence-electron chi connectivity index (χ0n) is 26.5. The van der Waals surface area contributed by atoms with Crippen molar-refractivity contribution in [3.8, 4) is 0 Å². The van der Waals surface area contributed by atoms with Crippen LogP contribution in [0.5, 0.6) is 0 Å². The van der Waals surface area contributed by atoms with Gasteiger partial charge in [-0.05, 0) is 69.1 Å². The third-order valence-electron chi connectivity index (χ3n) is 9.32. The van der Waals surface area contributed by atoms with E-state index in [9.17, 15) is 40.7 Å². The Morgan fingerprint density at radius 2 is 1.50 bits per heavy atom. The molecule has 1 atom stereocenters. The summed E-state index contributed by atoms with van der Waals surface area (Å²) in [6, 6.07) is 8.04. The fourth-order valence-corrected chi connectivity index (χ4v) is 6.57. The highest BCUT2D eigenvalue weighted by Crippen LogP contribution is 2.42. The van der Waals surface area contributed by atoms with Crippen molar-refractivity contribution in [2.24, 2.45) is 0 Å². The molecule has 2 fully saturated rings. The molecule has 0 spiro atoms. The maximum Gasteiger partial charge on any atom is 0.418 e. The van der Waals surface area contributed by atoms with Crippen LogP contribution in [0.25, 0.3) is 0 Å². The number of nitrogens with one attached hydrogen (secondary N) is 1. The van der Waals surface area contributed by atoms with Gasteiger partial charge in [0.05, 0.1) is 16.8 Å². The van der Waals surface area contributed by atoms with Crippen LogP contribution < -0.4 is 11.1 Å². The summed E-state index contributed by atoms with van der Waals surface area (Å²) in [6.45, 7) is 1.24. The number of hydrogen-bond acceptors (Lipinski definition) is 6. The Labute approximate surface area is 273 Å². The summed E-state index contributed by atoms with van der Waals surface area (Å²) in [5.74, 6) is -0.710. The van der Waals surface area contributed by atoms with E-state index >= 15 is 0 Å². The van der Waals surface area contributed by atoms with Crippen molar-refractivity contribution in [1.82, 2.24) is 19.6 Å². The van der Waals surface area contributed by atoms with E-state index in [-0.39, 0.29) is 44.3 Å². The summed E-state index contributed by atoms with van der Waals surface area (Å²) in [6.07, 6.45) is -11.8. The Hall–Kier alpha value is -4.21. The number of halogens is 6. The van der Waals surface area contributed by atoms with Gasteiger partial charge in [-0.2, -0.15) is 26.3 Å². The van der Waals surface area contributed by atoms with Crippen LogP contribution in [0.3, 0.4) is 0 Å². The number of nitrogens with zero attached hydrogens (tertiary/aromatic N) is 4. The molecule has 48 heavy (non-hydrogen) atoms. The molecular weight excluding hydrogens is 646 g/mol. The number of carbonyl (C=O) groups excluding carboxylic acids is 3. The van der Waals surface area contributed by atoms with Gasteiger partial charge in [0.2, 0.25) is 0 Å². The van der Waals surface area contributed by atoms with Crippen molar-refractivity contribution in [3.63, 3.8) is 0 Å². The lowest BCUT2D eigenvalue weighted by molar-refractivity contribution is -0.142. The topological polar surface area (TPSA) is 111 Å². The van der Waals surface area contributed by atoms with Crippen LogP contribution in [-0.4, -0.2) is 96.1 Å². The maximum atomic E-state index is 13.8. The molecule has 0 saturated carbocycles. The molecule has 2 aromatic carbocycles. The number of anilines is 2. The van der Waals surface area contributed by atoms with Crippen molar-refractivity contribution in [1.29, 1.82) is 0 Å². The van der Waals surface area contributed by atoms with Crippen LogP contribution in [-0.2, 0) is 34.8 Å². The average molecular weight is 685 g/mol. The number of piperidine rings is 2. The summed E-state index contributed by atoms with van der Waals surface area (Å²) < 4.78 is 88.1. The van der Waals surface area contributed by atoms with Crippen molar-refractivity contribution < 1.29 is 45.5 Å². The second kappa shape index (κ2) is 13.7. The van der Waals surface area contributed by atoms with E-state index in [1.807, 2.05) is 43.3 Å². The zero-order valence-corrected chi connectivity index (χ0v) is 26.5. The number of rotatable bonds is 6. The molecule has 4 amide bonds. The minimum Gasteiger partial charge on any atom is -0.436 e. The number of nitrogen functional groups attached to an aromatic ring is 1. The first-order valence-corrected chi connectivity index (χ1v) is 15.7. The molecule has 262 valence electrons. The van der Waals surface area contributed by atoms with Gasteiger partial charge >= 0.3 is 24.5 Å². The molecule has 3 heterocycles. The van der Waals surface area contributed by atoms with Gasteiger partial charge in [-0.15, -0.1) is 0 Å². The Balaban J connectivity index is 1.33. The molecule has 3 aliphatic rings. The van der Waals surface area contributed by atoms with E-state index in [0.29, 0.717) is 44.4 Å². The summed E-state index contributed by atoms with van der Waals surface area (Å²) in [5.41, 5.74) is 1.62. The number of amides is 4. The minimum atomic E-state index is -5.21. The summed E-state index contributed by atoms with van der Waals surface area (Å²) >= 11 is 0. The highest BCUT2D eigenvalue weighted by Gasteiger charge is 2.42. The number of urea groups is 1. The largest absolute Gasteiger partial charge is 0.436 e. The van der Waals surface area contributed by atoms with Gasteiger partial charge in [-0.25, -0.2) is 9.59 Å². The summed E-state index contributed by atoms with van der Waals surface area (Å²) in [7, 11) is 3.79. The van der Waals surface area contributed by atoms with E-state index in [2.05, 4.69) is 5.32 Å². The van der Waals surface area contributed by atoms with Gasteiger partial charge in [0.1, 0.15) is 0 Å². The predicted molar refractivity (Wildman–Crippen MR) is 164 cm³/mol. The first kappa shape index (κ1) is 35.1. The molecule has 0 radical (unpaired) electrons. The van der Waals surface area contributed by atoms with Crippen LogP contribution in [0.4, 0.5) is 47.3 Å². The molecule has 16 heteroatoms. The lowest BCUT2D eigenvalue weighted by atomic mass is 9.97. The molecule has 10 nitrogen and oxygen atoms in total. The Morgan fingerprint density at radius 3 is 2.06 bits per heavy atom. The lowest BCUT2D eigenvalue weighted by Gasteiger charge is -2.40. The van der Waals surface area contributed by atoms with E-state index in [1.54, 1.807) is 4.90 Å². The molecule has 2 saturated heterocycles. The SMILES string of the molecule is CN(C)C1CCN(C(=O)C(Cc2cc(C(F)(F)F)c(N)c(C(F)(F)F)c2)OC(=O)N2CCC(N3Cc4ccccc4NC3=O)CC2)CC1. The number of nitrogens with two attached hydrogens (primary N) is 1. The third kappa shape index (κ3) is 7.74. The predicted octanol–water partition coefficient (Wildman–Crippen LogP) is 5.42. The second-order valence-electron chi connectivity index (χ2n) is 12.6. The summed E-state index contributed by atoms with van der Waals surface area (Å²) in [5, 5.41) is 2.86. The monoisotopic (exact) mass is 684 g/mol. The smallest absolute Gasteiger partial charge is 0.418 e. The highest BCUT2D eigenvalue weighted by atomic mass is 19.4. The number of likely N-dealkylation sites (tertiary alicyclic amines) is 2. The lowest BCUT2D eigenvalue weighted by Crippen LogP contribution is -2.52. The van der Waals surface area contributed by atoms with Crippen LogP contribution in [0.2, 0.25) is 0 Å². The summed E-state index contributed by atoms with van der Waals surface area (Å²) in [4.78, 5) is 46.3. The molecule has 3 aliphatic heterocycles. The number of hydrogen-bond donors (Lipinski definition) is 2. The van der Waals surface area contributed by atoms with Crippen LogP contribution >= 0.6 is 0 Å². The van der Waals surface area contributed by atoms with Crippen LogP contribution in [0, 0.1) is 0 Å². The molecule has 0 bridgehead atoms. The van der Waals surface area contributed by atoms with Crippen molar-refractivity contribution >= 4 is 29.4 Å². The minimum absolute atomic E-state index is 0.155. The van der Waals surface area contributed by atoms with Crippen molar-refractivity contribution in [2.75, 3.05) is 51.3 Å². The van der Waals surface area contributed by atoms with Gasteiger partial charge in [-0.1, -0.05) is 18.2 Å². The first-order chi connectivity index (χ1) is 22.5. The molecule has 5 rings (SSSR count). The fraction of sp³-hybridized carbons (Fsp3) is 0.531. The van der Waals surface area contributed by atoms with Crippen molar-refractivity contribution in [3.05, 3.63) is 58.7 Å². The third-order valence-corrected chi connectivity index (χ3v) is 9.32. The normalized spacial score (nSPS) is 18.9. The van der Waals surface area contributed by atoms with Gasteiger partial charge in [-0.3, -0.25) is 4.79 Å². The van der Waals surface area contributed by atoms with Gasteiger partial charge in [0.15, 0.2) is 6.10 Å². The maximum absolute atomic E-state index is 13.8. The highest BCUT2D eigenvalue weighted by molar-refractivity contribution is 5.92. The fourth-order valence-electron chi connectivity index (χ4n) is 6.57. The van der Waals surface area contributed by atoms with Gasteiger partial charge in [0.25, 0.3) is 5.91 Å². The first-order valence-electron chi connectivity index (χ1n) is 15.7. The van der Waals surface area contributed by atoms with E-state index in [4.69, 9.17) is 10.5 Å². The van der Waals surface area contributed by atoms with E-state index in [0.717, 1.165) is 11.3 Å². The van der Waals surface area contributed by atoms with Crippen LogP contribution in [0.1, 0.15) is 47.9 Å². The zero-order chi connectivity index (χ0) is 35.0. The molecule has 1 unspecified atom stereocenters. The number of ether oxygens (including phenoxy) is 1. The number of benzene rings is 2. The van der Waals surface area contributed by atoms with Crippen molar-refractivity contribution in [2.45, 2.75) is 69.2 Å². The molecule has 2 aromatic rings. The molecule has 0 aromatic heterocycles. The number of carbonyl (C=O) groups is 3.